The molecule has 0 N–H and O–H groups in total. The minimum absolute atomic E-state index is 0.139. The first-order valence-corrected chi connectivity index (χ1v) is 11.4. The van der Waals surface area contributed by atoms with Crippen LogP contribution in [0, 0.1) is 16.7 Å². The van der Waals surface area contributed by atoms with Crippen molar-refractivity contribution >= 4 is 17.6 Å². The van der Waals surface area contributed by atoms with Crippen LogP contribution in [0.5, 0.6) is 0 Å². The Morgan fingerprint density at radius 1 is 1.12 bits per heavy atom. The van der Waals surface area contributed by atoms with Crippen LogP contribution in [0.25, 0.3) is 16.9 Å². The van der Waals surface area contributed by atoms with Crippen molar-refractivity contribution in [1.29, 1.82) is 5.26 Å². The molecule has 0 unspecified atom stereocenters. The fraction of sp³-hybridized carbons (Fsp3) is 0.480. The zero-order valence-corrected chi connectivity index (χ0v) is 19.1. The summed E-state index contributed by atoms with van der Waals surface area (Å²) in [7, 11) is 0. The molecule has 0 atom stereocenters. The number of carbonyl (C=O) groups excluding carboxylic acids is 1. The molecule has 3 aromatic heterocycles. The largest absolute Gasteiger partial charge is 0.355 e. The first kappa shape index (κ1) is 21.9. The number of nitrogens with zero attached hydrogens (tertiary/aromatic N) is 6. The summed E-state index contributed by atoms with van der Waals surface area (Å²) in [5.41, 5.74) is 4.65. The zero-order chi connectivity index (χ0) is 22.7. The van der Waals surface area contributed by atoms with Crippen molar-refractivity contribution in [3.05, 3.63) is 41.9 Å². The number of hydrogen-bond acceptors (Lipinski definition) is 6. The molecular formula is C25H30N6O. The van der Waals surface area contributed by atoms with Crippen LogP contribution in [0.1, 0.15) is 69.9 Å². The van der Waals surface area contributed by atoms with Crippen molar-refractivity contribution in [1.82, 2.24) is 19.6 Å². The summed E-state index contributed by atoms with van der Waals surface area (Å²) in [5, 5.41) is 13.8. The van der Waals surface area contributed by atoms with Crippen LogP contribution in [0.3, 0.4) is 0 Å². The van der Waals surface area contributed by atoms with Gasteiger partial charge in [-0.3, -0.25) is 4.98 Å². The quantitative estimate of drug-likeness (QED) is 0.557. The van der Waals surface area contributed by atoms with Crippen molar-refractivity contribution in [3.8, 4) is 17.5 Å². The van der Waals surface area contributed by atoms with Crippen LogP contribution >= 0.6 is 0 Å². The van der Waals surface area contributed by atoms with Gasteiger partial charge in [-0.2, -0.15) is 10.4 Å². The molecule has 7 nitrogen and oxygen atoms in total. The molecule has 0 aromatic carbocycles. The van der Waals surface area contributed by atoms with Crippen LogP contribution < -0.4 is 4.90 Å². The third kappa shape index (κ3) is 4.80. The normalized spacial score (nSPS) is 16.2. The van der Waals surface area contributed by atoms with Crippen molar-refractivity contribution in [2.24, 2.45) is 5.41 Å². The molecule has 3 aromatic rings. The number of aldehydes is 1. The van der Waals surface area contributed by atoms with E-state index in [4.69, 9.17) is 0 Å². The predicted octanol–water partition coefficient (Wildman–Crippen LogP) is 4.76. The number of carbonyl (C=O) groups is 1. The highest BCUT2D eigenvalue weighted by Crippen LogP contribution is 2.46. The Hall–Kier alpha value is -3.27. The Bertz CT molecular complexity index is 1140. The number of fused-ring (bicyclic) bond motifs is 1. The van der Waals surface area contributed by atoms with E-state index in [9.17, 15) is 10.1 Å². The van der Waals surface area contributed by atoms with E-state index in [2.05, 4.69) is 32.1 Å². The van der Waals surface area contributed by atoms with Crippen LogP contribution in [-0.2, 0) is 4.79 Å². The van der Waals surface area contributed by atoms with E-state index in [1.807, 2.05) is 31.4 Å². The molecule has 0 amide bonds. The van der Waals surface area contributed by atoms with Crippen LogP contribution in [0.4, 0.5) is 5.82 Å². The Morgan fingerprint density at radius 3 is 2.47 bits per heavy atom. The molecule has 4 heterocycles. The van der Waals surface area contributed by atoms with Gasteiger partial charge in [0.15, 0.2) is 5.82 Å². The van der Waals surface area contributed by atoms with E-state index in [1.54, 1.807) is 18.6 Å². The van der Waals surface area contributed by atoms with Gasteiger partial charge in [-0.25, -0.2) is 9.50 Å². The number of piperidine rings is 1. The highest BCUT2D eigenvalue weighted by atomic mass is 16.1. The molecule has 0 radical (unpaired) electrons. The lowest BCUT2D eigenvalue weighted by Gasteiger charge is -2.28. The van der Waals surface area contributed by atoms with Gasteiger partial charge in [0.05, 0.1) is 23.0 Å². The van der Waals surface area contributed by atoms with Gasteiger partial charge in [-0.05, 0) is 61.8 Å². The van der Waals surface area contributed by atoms with Crippen LogP contribution in [0.15, 0.2) is 30.7 Å². The van der Waals surface area contributed by atoms with Gasteiger partial charge in [0.25, 0.3) is 0 Å². The maximum Gasteiger partial charge on any atom is 0.156 e. The molecule has 1 saturated heterocycles. The summed E-state index contributed by atoms with van der Waals surface area (Å²) in [4.78, 5) is 21.4. The van der Waals surface area contributed by atoms with Crippen molar-refractivity contribution in [2.75, 3.05) is 18.0 Å². The van der Waals surface area contributed by atoms with E-state index in [-0.39, 0.29) is 5.41 Å². The lowest BCUT2D eigenvalue weighted by molar-refractivity contribution is -0.113. The van der Waals surface area contributed by atoms with E-state index in [0.29, 0.717) is 11.5 Å². The predicted molar refractivity (Wildman–Crippen MR) is 124 cm³/mol. The first-order chi connectivity index (χ1) is 15.4. The third-order valence-electron chi connectivity index (χ3n) is 5.74. The van der Waals surface area contributed by atoms with E-state index < -0.39 is 0 Å². The maximum atomic E-state index is 9.83. The average molecular weight is 431 g/mol. The minimum atomic E-state index is -0.139. The lowest BCUT2D eigenvalue weighted by Crippen LogP contribution is -2.30. The topological polar surface area (TPSA) is 87.2 Å². The highest BCUT2D eigenvalue weighted by molar-refractivity contribution is 5.80. The van der Waals surface area contributed by atoms with Crippen molar-refractivity contribution in [3.63, 3.8) is 0 Å². The van der Waals surface area contributed by atoms with Gasteiger partial charge in [-0.15, -0.1) is 0 Å². The molecule has 0 bridgehead atoms. The fourth-order valence-electron chi connectivity index (χ4n) is 3.92. The number of nitriles is 1. The second kappa shape index (κ2) is 9.07. The molecule has 1 aliphatic carbocycles. The number of aromatic nitrogens is 4. The van der Waals surface area contributed by atoms with Gasteiger partial charge >= 0.3 is 0 Å². The number of rotatable bonds is 3. The van der Waals surface area contributed by atoms with Crippen LogP contribution in [-0.4, -0.2) is 39.0 Å². The Labute approximate surface area is 189 Å². The first-order valence-electron chi connectivity index (χ1n) is 11.4. The molecule has 0 spiro atoms. The second-order valence-corrected chi connectivity index (χ2v) is 9.68. The molecule has 1 saturated carbocycles. The molecular weight excluding hydrogens is 400 g/mol. The lowest BCUT2D eigenvalue weighted by atomic mass is 10.0. The van der Waals surface area contributed by atoms with Gasteiger partial charge in [0, 0.05) is 24.7 Å². The summed E-state index contributed by atoms with van der Waals surface area (Å²) in [6.07, 6.45) is 10.4. The molecule has 1 aliphatic heterocycles. The molecule has 166 valence electrons. The van der Waals surface area contributed by atoms with E-state index in [1.165, 1.54) is 37.7 Å². The summed E-state index contributed by atoms with van der Waals surface area (Å²) in [6.45, 7) is 7.74. The number of pyridine rings is 1. The summed E-state index contributed by atoms with van der Waals surface area (Å²) in [5.74, 6) is 1.64. The smallest absolute Gasteiger partial charge is 0.156 e. The van der Waals surface area contributed by atoms with Gasteiger partial charge < -0.3 is 9.69 Å². The monoisotopic (exact) mass is 430 g/mol. The molecule has 5 rings (SSSR count). The number of anilines is 1. The third-order valence-corrected chi connectivity index (χ3v) is 5.74. The molecule has 2 fully saturated rings. The molecule has 7 heteroatoms. The SMILES string of the molecule is CC(C)(C)C=O.N#Cc1ccnc(-c2cc(C3CC3)c3c(N4CCCCC4)ncnn23)c1. The highest BCUT2D eigenvalue weighted by Gasteiger charge is 2.31. The summed E-state index contributed by atoms with van der Waals surface area (Å²) in [6, 6.07) is 7.97. The van der Waals surface area contributed by atoms with E-state index >= 15 is 0 Å². The van der Waals surface area contributed by atoms with Gasteiger partial charge in [-0.1, -0.05) is 20.8 Å². The average Bonchev–Trinajstić information content (AvgIpc) is 3.59. The maximum absolute atomic E-state index is 9.83. The minimum Gasteiger partial charge on any atom is -0.355 e. The summed E-state index contributed by atoms with van der Waals surface area (Å²) >= 11 is 0. The molecule has 2 aliphatic rings. The number of hydrogen-bond donors (Lipinski definition) is 0. The molecule has 32 heavy (non-hydrogen) atoms. The standard InChI is InChI=1S/C20H20N6.C5H10O/c21-12-14-6-7-22-17(10-14)18-11-16(15-4-5-15)19-20(23-13-24-26(18)19)25-8-2-1-3-9-25;1-5(2,3)4-6/h6-7,10-11,13,15H,1-5,8-9H2;4H,1-3H3. The van der Waals surface area contributed by atoms with Crippen molar-refractivity contribution in [2.45, 2.75) is 58.8 Å². The Kier molecular flexibility index (Phi) is 6.22. The summed E-state index contributed by atoms with van der Waals surface area (Å²) < 4.78 is 1.98. The Morgan fingerprint density at radius 2 is 1.84 bits per heavy atom. The zero-order valence-electron chi connectivity index (χ0n) is 19.1. The van der Waals surface area contributed by atoms with E-state index in [0.717, 1.165) is 42.1 Å². The Balaban J connectivity index is 0.000000363. The van der Waals surface area contributed by atoms with Crippen molar-refractivity contribution < 1.29 is 4.79 Å². The van der Waals surface area contributed by atoms with Crippen LogP contribution in [0.2, 0.25) is 0 Å². The van der Waals surface area contributed by atoms with Gasteiger partial charge in [0.1, 0.15) is 18.1 Å². The fourth-order valence-corrected chi connectivity index (χ4v) is 3.92. The second-order valence-electron chi connectivity index (χ2n) is 9.68. The van der Waals surface area contributed by atoms with Gasteiger partial charge in [0.2, 0.25) is 0 Å².